The van der Waals surface area contributed by atoms with Crippen molar-refractivity contribution in [3.63, 3.8) is 0 Å². The lowest BCUT2D eigenvalue weighted by Crippen LogP contribution is -2.18. The molecule has 1 aliphatic heterocycles. The van der Waals surface area contributed by atoms with Crippen molar-refractivity contribution >= 4 is 23.0 Å². The highest BCUT2D eigenvalue weighted by molar-refractivity contribution is 6.30. The van der Waals surface area contributed by atoms with E-state index in [1.54, 1.807) is 0 Å². The summed E-state index contributed by atoms with van der Waals surface area (Å²) in [5.74, 6) is 0.530. The van der Waals surface area contributed by atoms with Crippen LogP contribution in [0.25, 0.3) is 0 Å². The van der Waals surface area contributed by atoms with Crippen LogP contribution in [0.1, 0.15) is 23.9 Å². The molecule has 1 aromatic heterocycles. The fourth-order valence-electron chi connectivity index (χ4n) is 2.69. The van der Waals surface area contributed by atoms with Crippen LogP contribution in [0, 0.1) is 0 Å². The Morgan fingerprint density at radius 2 is 1.83 bits per heavy atom. The van der Waals surface area contributed by atoms with Crippen molar-refractivity contribution in [2.24, 2.45) is 5.10 Å². The zero-order valence-electron chi connectivity index (χ0n) is 12.1. The molecule has 114 valence electrons. The zero-order valence-corrected chi connectivity index (χ0v) is 12.9. The molecule has 4 rings (SSSR count). The number of hydrogen-bond acceptors (Lipinski definition) is 5. The van der Waals surface area contributed by atoms with Crippen LogP contribution in [-0.4, -0.2) is 26.3 Å². The van der Waals surface area contributed by atoms with E-state index >= 15 is 0 Å². The molecular weight excluding hydrogens is 312 g/mol. The van der Waals surface area contributed by atoms with Crippen LogP contribution in [-0.2, 0) is 0 Å². The van der Waals surface area contributed by atoms with E-state index in [0.717, 1.165) is 22.0 Å². The van der Waals surface area contributed by atoms with Gasteiger partial charge in [-0.15, -0.1) is 10.2 Å². The molecule has 0 saturated heterocycles. The highest BCUT2D eigenvalue weighted by atomic mass is 35.5. The molecule has 0 fully saturated rings. The number of rotatable bonds is 3. The molecule has 0 bridgehead atoms. The van der Waals surface area contributed by atoms with Crippen molar-refractivity contribution in [2.45, 2.75) is 12.5 Å². The monoisotopic (exact) mass is 324 g/mol. The molecule has 2 heterocycles. The maximum Gasteiger partial charge on any atom is 0.220 e. The predicted octanol–water partition coefficient (Wildman–Crippen LogP) is 3.21. The summed E-state index contributed by atoms with van der Waals surface area (Å²) in [7, 11) is 0. The third kappa shape index (κ3) is 2.68. The summed E-state index contributed by atoms with van der Waals surface area (Å²) >= 11 is 6.01. The van der Waals surface area contributed by atoms with Gasteiger partial charge >= 0.3 is 0 Å². The zero-order chi connectivity index (χ0) is 15.6. The second-order valence-corrected chi connectivity index (χ2v) is 5.67. The molecule has 6 nitrogen and oxygen atoms in total. The summed E-state index contributed by atoms with van der Waals surface area (Å²) in [4.78, 5) is 0. The van der Waals surface area contributed by atoms with Crippen LogP contribution in [0.15, 0.2) is 59.7 Å². The summed E-state index contributed by atoms with van der Waals surface area (Å²) in [5.41, 5.74) is 2.97. The summed E-state index contributed by atoms with van der Waals surface area (Å²) in [6.45, 7) is 0. The lowest BCUT2D eigenvalue weighted by Gasteiger charge is -2.24. The third-order valence-corrected chi connectivity index (χ3v) is 4.04. The van der Waals surface area contributed by atoms with E-state index < -0.39 is 0 Å². The van der Waals surface area contributed by atoms with Crippen molar-refractivity contribution in [1.82, 2.24) is 20.6 Å². The lowest BCUT2D eigenvalue weighted by molar-refractivity contribution is 0.709. The van der Waals surface area contributed by atoms with Gasteiger partial charge in [0.05, 0.1) is 11.7 Å². The van der Waals surface area contributed by atoms with Crippen LogP contribution in [0.5, 0.6) is 0 Å². The third-order valence-electron chi connectivity index (χ3n) is 3.79. The van der Waals surface area contributed by atoms with E-state index in [-0.39, 0.29) is 6.04 Å². The van der Waals surface area contributed by atoms with Gasteiger partial charge in [0, 0.05) is 11.4 Å². The molecular formula is C16H13ClN6. The maximum absolute atomic E-state index is 6.01. The van der Waals surface area contributed by atoms with Crippen LogP contribution in [0.3, 0.4) is 0 Å². The number of hydrazone groups is 1. The number of hydrogen-bond donors (Lipinski definition) is 1. The Morgan fingerprint density at radius 3 is 2.52 bits per heavy atom. The molecule has 23 heavy (non-hydrogen) atoms. The summed E-state index contributed by atoms with van der Waals surface area (Å²) in [5, 5.41) is 21.6. The molecule has 0 saturated carbocycles. The number of aromatic nitrogens is 4. The normalized spacial score (nSPS) is 17.3. The first-order valence-corrected chi connectivity index (χ1v) is 7.60. The van der Waals surface area contributed by atoms with E-state index in [0.29, 0.717) is 12.2 Å². The quantitative estimate of drug-likeness (QED) is 0.803. The van der Waals surface area contributed by atoms with E-state index in [1.165, 1.54) is 0 Å². The largest absolute Gasteiger partial charge is 0.257 e. The van der Waals surface area contributed by atoms with Crippen LogP contribution >= 0.6 is 11.6 Å². The second-order valence-electron chi connectivity index (χ2n) is 5.23. The van der Waals surface area contributed by atoms with Crippen LogP contribution in [0.4, 0.5) is 5.69 Å². The number of anilines is 1. The minimum absolute atomic E-state index is 0.0724. The number of nitrogens with one attached hydrogen (secondary N) is 1. The number of tetrazole rings is 1. The Kier molecular flexibility index (Phi) is 3.51. The molecule has 2 aromatic carbocycles. The number of aromatic amines is 1. The van der Waals surface area contributed by atoms with Crippen molar-refractivity contribution in [3.8, 4) is 0 Å². The van der Waals surface area contributed by atoms with Gasteiger partial charge in [0.1, 0.15) is 5.71 Å². The molecule has 0 amide bonds. The predicted molar refractivity (Wildman–Crippen MR) is 88.4 cm³/mol. The topological polar surface area (TPSA) is 70.1 Å². The van der Waals surface area contributed by atoms with Gasteiger partial charge in [0.25, 0.3) is 0 Å². The van der Waals surface area contributed by atoms with E-state index in [9.17, 15) is 0 Å². The van der Waals surface area contributed by atoms with Gasteiger partial charge in [-0.05, 0) is 35.0 Å². The number of halogens is 1. The highest BCUT2D eigenvalue weighted by Crippen LogP contribution is 2.36. The Balaban J connectivity index is 1.74. The van der Waals surface area contributed by atoms with Gasteiger partial charge in [-0.25, -0.2) is 0 Å². The van der Waals surface area contributed by atoms with Gasteiger partial charge in [0.15, 0.2) is 0 Å². The first-order valence-electron chi connectivity index (χ1n) is 7.22. The summed E-state index contributed by atoms with van der Waals surface area (Å²) in [6, 6.07) is 18.0. The molecule has 0 spiro atoms. The standard InChI is InChI=1S/C16H13ClN6/c17-12-8-6-11(7-9-12)15-10-14(16-18-21-22-19-16)20-23(15)13-4-2-1-3-5-13/h1-9,15H,10H2,(H,18,19,21,22). The van der Waals surface area contributed by atoms with E-state index in [1.807, 2.05) is 59.6 Å². The van der Waals surface area contributed by atoms with Crippen LogP contribution in [0.2, 0.25) is 5.02 Å². The molecule has 0 aliphatic carbocycles. The van der Waals surface area contributed by atoms with Gasteiger partial charge in [-0.3, -0.25) is 5.01 Å². The molecule has 3 aromatic rings. The minimum atomic E-state index is 0.0724. The van der Waals surface area contributed by atoms with E-state index in [4.69, 9.17) is 16.7 Å². The van der Waals surface area contributed by atoms with Crippen molar-refractivity contribution < 1.29 is 0 Å². The van der Waals surface area contributed by atoms with Crippen molar-refractivity contribution in [3.05, 3.63) is 71.0 Å². The van der Waals surface area contributed by atoms with Gasteiger partial charge in [-0.2, -0.15) is 10.3 Å². The highest BCUT2D eigenvalue weighted by Gasteiger charge is 2.31. The molecule has 1 aliphatic rings. The fourth-order valence-corrected chi connectivity index (χ4v) is 2.82. The summed E-state index contributed by atoms with van der Waals surface area (Å²) < 4.78 is 0. The average molecular weight is 325 g/mol. The number of H-pyrrole nitrogens is 1. The van der Waals surface area contributed by atoms with Crippen LogP contribution < -0.4 is 5.01 Å². The SMILES string of the molecule is Clc1ccc(C2CC(c3nn[nH]n3)=NN2c2ccccc2)cc1. The molecule has 1 atom stereocenters. The number of nitrogens with zero attached hydrogens (tertiary/aromatic N) is 5. The van der Waals surface area contributed by atoms with E-state index in [2.05, 4.69) is 20.6 Å². The lowest BCUT2D eigenvalue weighted by atomic mass is 10.0. The summed E-state index contributed by atoms with van der Waals surface area (Å²) in [6.07, 6.45) is 0.704. The second kappa shape index (κ2) is 5.81. The first kappa shape index (κ1) is 13.9. The Labute approximate surface area is 137 Å². The Hall–Kier alpha value is -2.73. The molecule has 0 radical (unpaired) electrons. The average Bonchev–Trinajstić information content (AvgIpc) is 3.26. The Bertz CT molecular complexity index is 814. The molecule has 7 heteroatoms. The van der Waals surface area contributed by atoms with Crippen molar-refractivity contribution in [2.75, 3.05) is 5.01 Å². The first-order chi connectivity index (χ1) is 11.3. The molecule has 1 unspecified atom stereocenters. The smallest absolute Gasteiger partial charge is 0.220 e. The number of para-hydroxylation sites is 1. The van der Waals surface area contributed by atoms with Gasteiger partial charge in [0.2, 0.25) is 5.82 Å². The van der Waals surface area contributed by atoms with Gasteiger partial charge in [-0.1, -0.05) is 41.9 Å². The molecule has 1 N–H and O–H groups in total. The maximum atomic E-state index is 6.01. The Morgan fingerprint density at radius 1 is 1.04 bits per heavy atom. The number of benzene rings is 2. The van der Waals surface area contributed by atoms with Gasteiger partial charge < -0.3 is 0 Å². The van der Waals surface area contributed by atoms with Crippen molar-refractivity contribution in [1.29, 1.82) is 0 Å². The fraction of sp³-hybridized carbons (Fsp3) is 0.125. The minimum Gasteiger partial charge on any atom is -0.257 e.